The number of nitrogens with zero attached hydrogens (tertiary/aromatic N) is 1. The predicted octanol–water partition coefficient (Wildman–Crippen LogP) is -2.39. The lowest BCUT2D eigenvalue weighted by Crippen LogP contribution is -2.20. The van der Waals surface area contributed by atoms with Crippen LogP contribution >= 0.6 is 0 Å². The minimum Gasteiger partial charge on any atom is -0.369 e. The van der Waals surface area contributed by atoms with Gasteiger partial charge in [0.1, 0.15) is 0 Å². The molecule has 5 heteroatoms. The van der Waals surface area contributed by atoms with Crippen LogP contribution in [0.5, 0.6) is 0 Å². The molecular formula is C4H6BN3O. The van der Waals surface area contributed by atoms with Gasteiger partial charge in [0.25, 0.3) is 5.56 Å². The van der Waals surface area contributed by atoms with Gasteiger partial charge in [-0.1, -0.05) is 0 Å². The van der Waals surface area contributed by atoms with Crippen molar-refractivity contribution < 1.29 is 0 Å². The highest BCUT2D eigenvalue weighted by Gasteiger charge is 1.89. The molecular weight excluding hydrogens is 117 g/mol. The van der Waals surface area contributed by atoms with Crippen molar-refractivity contribution in [1.29, 1.82) is 0 Å². The van der Waals surface area contributed by atoms with Gasteiger partial charge >= 0.3 is 0 Å². The SMILES string of the molecule is Bc1cc(=O)[nH]c(N)n1. The zero-order valence-electron chi connectivity index (χ0n) is 5.01. The fraction of sp³-hybridized carbons (Fsp3) is 0. The van der Waals surface area contributed by atoms with E-state index in [9.17, 15) is 4.79 Å². The molecule has 1 rings (SSSR count). The van der Waals surface area contributed by atoms with Crippen LogP contribution in [0.4, 0.5) is 5.95 Å². The maximum atomic E-state index is 10.5. The second-order valence-electron chi connectivity index (χ2n) is 1.77. The second kappa shape index (κ2) is 1.93. The summed E-state index contributed by atoms with van der Waals surface area (Å²) in [6.07, 6.45) is 0. The minimum absolute atomic E-state index is 0.167. The minimum atomic E-state index is -0.208. The van der Waals surface area contributed by atoms with E-state index in [4.69, 9.17) is 5.73 Å². The van der Waals surface area contributed by atoms with Crippen LogP contribution in [0.2, 0.25) is 0 Å². The van der Waals surface area contributed by atoms with Crippen LogP contribution in [0.1, 0.15) is 0 Å². The zero-order chi connectivity index (χ0) is 6.85. The van der Waals surface area contributed by atoms with Crippen molar-refractivity contribution in [1.82, 2.24) is 9.97 Å². The summed E-state index contributed by atoms with van der Waals surface area (Å²) in [4.78, 5) is 16.6. The quantitative estimate of drug-likeness (QED) is 0.378. The van der Waals surface area contributed by atoms with Gasteiger partial charge in [-0.15, -0.1) is 0 Å². The number of nitrogen functional groups attached to an aromatic ring is 1. The monoisotopic (exact) mass is 123 g/mol. The van der Waals surface area contributed by atoms with Crippen molar-refractivity contribution in [2.24, 2.45) is 0 Å². The number of nitrogens with two attached hydrogens (primary N) is 1. The molecule has 0 radical (unpaired) electrons. The van der Waals surface area contributed by atoms with E-state index in [1.165, 1.54) is 6.07 Å². The number of rotatable bonds is 0. The van der Waals surface area contributed by atoms with Crippen LogP contribution in [0.3, 0.4) is 0 Å². The Kier molecular flexibility index (Phi) is 1.26. The molecule has 3 N–H and O–H groups in total. The summed E-state index contributed by atoms with van der Waals surface area (Å²) in [5.74, 6) is 0.167. The molecule has 0 atom stereocenters. The molecule has 0 amide bonds. The highest BCUT2D eigenvalue weighted by Crippen LogP contribution is 1.74. The maximum Gasteiger partial charge on any atom is 0.251 e. The molecule has 0 aliphatic heterocycles. The Morgan fingerprint density at radius 1 is 1.78 bits per heavy atom. The molecule has 46 valence electrons. The molecule has 4 nitrogen and oxygen atoms in total. The maximum absolute atomic E-state index is 10.5. The lowest BCUT2D eigenvalue weighted by molar-refractivity contribution is 1.16. The first-order chi connectivity index (χ1) is 4.18. The molecule has 0 aliphatic rings. The van der Waals surface area contributed by atoms with Gasteiger partial charge in [-0.2, -0.15) is 0 Å². The molecule has 0 bridgehead atoms. The van der Waals surface area contributed by atoms with Crippen molar-refractivity contribution in [2.45, 2.75) is 0 Å². The Hall–Kier alpha value is -1.26. The lowest BCUT2D eigenvalue weighted by atomic mass is 10.1. The Morgan fingerprint density at radius 3 is 2.89 bits per heavy atom. The smallest absolute Gasteiger partial charge is 0.251 e. The van der Waals surface area contributed by atoms with Crippen LogP contribution in [0.25, 0.3) is 0 Å². The Labute approximate surface area is 52.5 Å². The fourth-order valence-electron chi connectivity index (χ4n) is 0.602. The van der Waals surface area contributed by atoms with Gasteiger partial charge in [0.2, 0.25) is 0 Å². The summed E-state index contributed by atoms with van der Waals surface area (Å²) >= 11 is 0. The summed E-state index contributed by atoms with van der Waals surface area (Å²) in [7, 11) is 1.71. The van der Waals surface area contributed by atoms with E-state index in [0.717, 1.165) is 0 Å². The van der Waals surface area contributed by atoms with Crippen LogP contribution in [0.15, 0.2) is 10.9 Å². The fourth-order valence-corrected chi connectivity index (χ4v) is 0.602. The highest BCUT2D eigenvalue weighted by atomic mass is 16.1. The van der Waals surface area contributed by atoms with E-state index in [0.29, 0.717) is 5.59 Å². The summed E-state index contributed by atoms with van der Waals surface area (Å²) in [5, 5.41) is 0. The van der Waals surface area contributed by atoms with Gasteiger partial charge < -0.3 is 5.73 Å². The lowest BCUT2D eigenvalue weighted by Gasteiger charge is -1.91. The number of aromatic amines is 1. The molecule has 0 saturated carbocycles. The largest absolute Gasteiger partial charge is 0.369 e. The molecule has 1 aromatic heterocycles. The molecule has 0 saturated heterocycles. The first-order valence-electron chi connectivity index (χ1n) is 2.52. The van der Waals surface area contributed by atoms with Crippen molar-refractivity contribution in [3.8, 4) is 0 Å². The number of anilines is 1. The molecule has 1 aromatic rings. The van der Waals surface area contributed by atoms with Crippen LogP contribution < -0.4 is 16.9 Å². The molecule has 0 aliphatic carbocycles. The third-order valence-corrected chi connectivity index (χ3v) is 0.888. The van der Waals surface area contributed by atoms with Crippen molar-refractivity contribution in [3.63, 3.8) is 0 Å². The van der Waals surface area contributed by atoms with Gasteiger partial charge in [0.15, 0.2) is 13.8 Å². The highest BCUT2D eigenvalue weighted by molar-refractivity contribution is 6.30. The first kappa shape index (κ1) is 5.87. The molecule has 0 spiro atoms. The third kappa shape index (κ3) is 1.32. The van der Waals surface area contributed by atoms with Gasteiger partial charge in [-0.05, 0) is 0 Å². The summed E-state index contributed by atoms with van der Waals surface area (Å²) < 4.78 is 0. The first-order valence-corrected chi connectivity index (χ1v) is 2.52. The van der Waals surface area contributed by atoms with Crippen molar-refractivity contribution in [3.05, 3.63) is 16.4 Å². The number of hydrogen-bond donors (Lipinski definition) is 2. The predicted molar refractivity (Wildman–Crippen MR) is 37.4 cm³/mol. The van der Waals surface area contributed by atoms with Crippen molar-refractivity contribution >= 4 is 19.4 Å². The van der Waals surface area contributed by atoms with E-state index < -0.39 is 0 Å². The summed E-state index contributed by atoms with van der Waals surface area (Å²) in [6, 6.07) is 1.39. The van der Waals surface area contributed by atoms with Crippen LogP contribution in [0, 0.1) is 0 Å². The van der Waals surface area contributed by atoms with Gasteiger partial charge in [0.05, 0.1) is 0 Å². The van der Waals surface area contributed by atoms with Crippen molar-refractivity contribution in [2.75, 3.05) is 5.73 Å². The molecule has 0 aromatic carbocycles. The summed E-state index contributed by atoms with van der Waals surface area (Å²) in [6.45, 7) is 0. The topological polar surface area (TPSA) is 71.8 Å². The second-order valence-corrected chi connectivity index (χ2v) is 1.77. The van der Waals surface area contributed by atoms with E-state index >= 15 is 0 Å². The van der Waals surface area contributed by atoms with Gasteiger partial charge in [0, 0.05) is 11.7 Å². The standard InChI is InChI=1S/C4H6BN3O/c5-2-1-3(9)8-4(6)7-2/h1H,5H2,(H3,6,7,8,9). The number of hydrogen-bond acceptors (Lipinski definition) is 3. The number of aromatic nitrogens is 2. The molecule has 1 heterocycles. The average Bonchev–Trinajstić information content (AvgIpc) is 1.59. The van der Waals surface area contributed by atoms with Crippen LogP contribution in [-0.2, 0) is 0 Å². The van der Waals surface area contributed by atoms with Gasteiger partial charge in [-0.25, -0.2) is 4.98 Å². The van der Waals surface area contributed by atoms with E-state index in [1.807, 2.05) is 0 Å². The third-order valence-electron chi connectivity index (χ3n) is 0.888. The van der Waals surface area contributed by atoms with Gasteiger partial charge in [-0.3, -0.25) is 9.78 Å². The Bertz CT molecular complexity index is 246. The molecule has 0 fully saturated rings. The Morgan fingerprint density at radius 2 is 2.44 bits per heavy atom. The number of H-pyrrole nitrogens is 1. The molecule has 9 heavy (non-hydrogen) atoms. The van der Waals surface area contributed by atoms with Crippen LogP contribution in [-0.4, -0.2) is 17.8 Å². The zero-order valence-corrected chi connectivity index (χ0v) is 5.01. The average molecular weight is 123 g/mol. The van der Waals surface area contributed by atoms with E-state index in [1.54, 1.807) is 7.85 Å². The van der Waals surface area contributed by atoms with E-state index in [2.05, 4.69) is 9.97 Å². The van der Waals surface area contributed by atoms with E-state index in [-0.39, 0.29) is 11.5 Å². The number of nitrogens with one attached hydrogen (secondary N) is 1. The summed E-state index contributed by atoms with van der Waals surface area (Å²) in [5.41, 5.74) is 5.62. The molecule has 0 unspecified atom stereocenters. The Balaban J connectivity index is 3.33. The normalized spacial score (nSPS) is 9.33.